The molecule has 2 fully saturated rings. The van der Waals surface area contributed by atoms with Crippen LogP contribution >= 0.6 is 0 Å². The van der Waals surface area contributed by atoms with Crippen LogP contribution in [-0.2, 0) is 14.4 Å². The van der Waals surface area contributed by atoms with Crippen LogP contribution in [0.1, 0.15) is 25.7 Å². The average Bonchev–Trinajstić information content (AvgIpc) is 2.45. The van der Waals surface area contributed by atoms with E-state index in [1.807, 2.05) is 0 Å². The SMILES string of the molecule is CON=C1C(=O)C2CCCCC2C1=O. The molecule has 0 aromatic heterocycles. The van der Waals surface area contributed by atoms with Gasteiger partial charge in [0.1, 0.15) is 7.11 Å². The summed E-state index contributed by atoms with van der Waals surface area (Å²) in [7, 11) is 1.36. The second kappa shape index (κ2) is 3.52. The first-order valence-electron chi connectivity index (χ1n) is 4.95. The van der Waals surface area contributed by atoms with Gasteiger partial charge in [-0.15, -0.1) is 0 Å². The van der Waals surface area contributed by atoms with E-state index in [0.717, 1.165) is 25.7 Å². The number of hydrogen-bond acceptors (Lipinski definition) is 4. The van der Waals surface area contributed by atoms with Crippen molar-refractivity contribution < 1.29 is 14.4 Å². The van der Waals surface area contributed by atoms with E-state index in [0.29, 0.717) is 0 Å². The highest BCUT2D eigenvalue weighted by Crippen LogP contribution is 2.36. The lowest BCUT2D eigenvalue weighted by molar-refractivity contribution is -0.120. The molecule has 2 aliphatic carbocycles. The Kier molecular flexibility index (Phi) is 2.35. The zero-order chi connectivity index (χ0) is 10.1. The summed E-state index contributed by atoms with van der Waals surface area (Å²) in [6, 6.07) is 0. The van der Waals surface area contributed by atoms with Crippen LogP contribution in [-0.4, -0.2) is 24.4 Å². The van der Waals surface area contributed by atoms with Gasteiger partial charge in [0.05, 0.1) is 0 Å². The van der Waals surface area contributed by atoms with Crippen LogP contribution < -0.4 is 0 Å². The molecule has 4 heteroatoms. The van der Waals surface area contributed by atoms with Gasteiger partial charge in [-0.1, -0.05) is 18.0 Å². The van der Waals surface area contributed by atoms with Gasteiger partial charge in [0.15, 0.2) is 17.3 Å². The Morgan fingerprint density at radius 3 is 2.07 bits per heavy atom. The fourth-order valence-electron chi connectivity index (χ4n) is 2.41. The first-order chi connectivity index (χ1) is 6.75. The van der Waals surface area contributed by atoms with Crippen molar-refractivity contribution in [2.45, 2.75) is 25.7 Å². The van der Waals surface area contributed by atoms with Gasteiger partial charge in [-0.05, 0) is 12.8 Å². The lowest BCUT2D eigenvalue weighted by Crippen LogP contribution is -2.21. The zero-order valence-corrected chi connectivity index (χ0v) is 8.16. The van der Waals surface area contributed by atoms with Crippen molar-refractivity contribution in [3.63, 3.8) is 0 Å². The topological polar surface area (TPSA) is 55.7 Å². The van der Waals surface area contributed by atoms with E-state index in [9.17, 15) is 9.59 Å². The Morgan fingerprint density at radius 1 is 1.14 bits per heavy atom. The van der Waals surface area contributed by atoms with Gasteiger partial charge in [0.2, 0.25) is 0 Å². The number of ketones is 2. The molecule has 2 unspecified atom stereocenters. The maximum absolute atomic E-state index is 11.7. The van der Waals surface area contributed by atoms with Gasteiger partial charge in [-0.25, -0.2) is 0 Å². The molecular formula is C10H13NO3. The van der Waals surface area contributed by atoms with Crippen LogP contribution in [0.3, 0.4) is 0 Å². The standard InChI is InChI=1S/C10H13NO3/c1-14-11-8-9(12)6-4-2-3-5-7(6)10(8)13/h6-7H,2-5H2,1H3. The first kappa shape index (κ1) is 9.37. The van der Waals surface area contributed by atoms with E-state index >= 15 is 0 Å². The molecule has 2 saturated carbocycles. The largest absolute Gasteiger partial charge is 0.398 e. The first-order valence-corrected chi connectivity index (χ1v) is 4.95. The normalized spacial score (nSPS) is 31.6. The minimum Gasteiger partial charge on any atom is -0.398 e. The van der Waals surface area contributed by atoms with Crippen molar-refractivity contribution in [1.29, 1.82) is 0 Å². The number of rotatable bonds is 1. The molecule has 0 bridgehead atoms. The maximum atomic E-state index is 11.7. The van der Waals surface area contributed by atoms with Crippen molar-refractivity contribution in [2.75, 3.05) is 7.11 Å². The summed E-state index contributed by atoms with van der Waals surface area (Å²) in [5.74, 6) is -0.432. The lowest BCUT2D eigenvalue weighted by atomic mass is 9.81. The molecular weight excluding hydrogens is 182 g/mol. The third-order valence-corrected chi connectivity index (χ3v) is 3.09. The van der Waals surface area contributed by atoms with Crippen molar-refractivity contribution in [1.82, 2.24) is 0 Å². The Hall–Kier alpha value is -1.19. The summed E-state index contributed by atoms with van der Waals surface area (Å²) in [5.41, 5.74) is 0.0319. The summed E-state index contributed by atoms with van der Waals surface area (Å²) in [6.45, 7) is 0. The van der Waals surface area contributed by atoms with E-state index in [2.05, 4.69) is 9.99 Å². The molecule has 0 N–H and O–H groups in total. The fraction of sp³-hybridized carbons (Fsp3) is 0.700. The van der Waals surface area contributed by atoms with Crippen molar-refractivity contribution in [2.24, 2.45) is 17.0 Å². The van der Waals surface area contributed by atoms with Crippen molar-refractivity contribution >= 4 is 17.3 Å². The Balaban J connectivity index is 2.29. The molecule has 0 saturated heterocycles. The monoisotopic (exact) mass is 195 g/mol. The minimum absolute atomic E-state index is 0.0319. The summed E-state index contributed by atoms with van der Waals surface area (Å²) >= 11 is 0. The highest BCUT2D eigenvalue weighted by molar-refractivity contribution is 6.70. The summed E-state index contributed by atoms with van der Waals surface area (Å²) in [5, 5.41) is 3.53. The molecule has 0 spiro atoms. The zero-order valence-electron chi connectivity index (χ0n) is 8.16. The molecule has 0 aromatic rings. The number of Topliss-reactive ketones (excluding diaryl/α,β-unsaturated/α-hetero) is 2. The van der Waals surface area contributed by atoms with Gasteiger partial charge in [0, 0.05) is 11.8 Å². The lowest BCUT2D eigenvalue weighted by Gasteiger charge is -2.20. The fourth-order valence-corrected chi connectivity index (χ4v) is 2.41. The van der Waals surface area contributed by atoms with Crippen LogP contribution in [0.25, 0.3) is 0 Å². The van der Waals surface area contributed by atoms with E-state index in [1.165, 1.54) is 7.11 Å². The molecule has 0 aromatic carbocycles. The Bertz CT molecular complexity index is 282. The van der Waals surface area contributed by atoms with E-state index in [1.54, 1.807) is 0 Å². The van der Waals surface area contributed by atoms with Gasteiger partial charge < -0.3 is 4.84 Å². The minimum atomic E-state index is -0.110. The molecule has 0 amide bonds. The van der Waals surface area contributed by atoms with Crippen LogP contribution in [0.4, 0.5) is 0 Å². The highest BCUT2D eigenvalue weighted by atomic mass is 16.6. The number of carbonyl (C=O) groups is 2. The Morgan fingerprint density at radius 2 is 1.64 bits per heavy atom. The summed E-state index contributed by atoms with van der Waals surface area (Å²) < 4.78 is 0. The highest BCUT2D eigenvalue weighted by Gasteiger charge is 2.47. The second-order valence-corrected chi connectivity index (χ2v) is 3.85. The number of hydrogen-bond donors (Lipinski definition) is 0. The predicted octanol–water partition coefficient (Wildman–Crippen LogP) is 0.947. The second-order valence-electron chi connectivity index (χ2n) is 3.85. The smallest absolute Gasteiger partial charge is 0.192 e. The van der Waals surface area contributed by atoms with Crippen LogP contribution in [0.5, 0.6) is 0 Å². The Labute approximate surface area is 82.3 Å². The van der Waals surface area contributed by atoms with E-state index in [4.69, 9.17) is 0 Å². The summed E-state index contributed by atoms with van der Waals surface area (Å²) in [4.78, 5) is 27.9. The van der Waals surface area contributed by atoms with E-state index in [-0.39, 0.29) is 29.1 Å². The number of fused-ring (bicyclic) bond motifs is 1. The van der Waals surface area contributed by atoms with Gasteiger partial charge in [-0.2, -0.15) is 0 Å². The number of oxime groups is 1. The quantitative estimate of drug-likeness (QED) is 0.585. The third kappa shape index (κ3) is 1.25. The van der Waals surface area contributed by atoms with Crippen LogP contribution in [0.2, 0.25) is 0 Å². The molecule has 2 atom stereocenters. The number of nitrogens with zero attached hydrogens (tertiary/aromatic N) is 1. The third-order valence-electron chi connectivity index (χ3n) is 3.09. The van der Waals surface area contributed by atoms with Gasteiger partial charge in [-0.3, -0.25) is 9.59 Å². The van der Waals surface area contributed by atoms with Gasteiger partial charge in [0.25, 0.3) is 0 Å². The van der Waals surface area contributed by atoms with Crippen molar-refractivity contribution in [3.05, 3.63) is 0 Å². The number of carbonyl (C=O) groups excluding carboxylic acids is 2. The molecule has 0 radical (unpaired) electrons. The molecule has 4 nitrogen and oxygen atoms in total. The molecule has 14 heavy (non-hydrogen) atoms. The molecule has 0 aliphatic heterocycles. The van der Waals surface area contributed by atoms with Crippen LogP contribution in [0.15, 0.2) is 5.16 Å². The molecule has 2 rings (SSSR count). The van der Waals surface area contributed by atoms with Gasteiger partial charge >= 0.3 is 0 Å². The van der Waals surface area contributed by atoms with Crippen molar-refractivity contribution in [3.8, 4) is 0 Å². The molecule has 0 heterocycles. The van der Waals surface area contributed by atoms with E-state index < -0.39 is 0 Å². The summed E-state index contributed by atoms with van der Waals surface area (Å²) in [6.07, 6.45) is 3.75. The molecule has 76 valence electrons. The molecule has 2 aliphatic rings. The van der Waals surface area contributed by atoms with Crippen LogP contribution in [0, 0.1) is 11.8 Å². The predicted molar refractivity (Wildman–Crippen MR) is 49.9 cm³/mol. The average molecular weight is 195 g/mol. The maximum Gasteiger partial charge on any atom is 0.192 e.